The van der Waals surface area contributed by atoms with Crippen LogP contribution >= 0.6 is 0 Å². The fraction of sp³-hybridized carbons (Fsp3) is 0.286. The van der Waals surface area contributed by atoms with Crippen LogP contribution in [0.2, 0.25) is 0 Å². The molecular weight excluding hydrogens is 230 g/mol. The van der Waals surface area contributed by atoms with Crippen molar-refractivity contribution in [2.75, 3.05) is 0 Å². The van der Waals surface area contributed by atoms with Gasteiger partial charge in [-0.2, -0.15) is 0 Å². The molecule has 1 saturated carbocycles. The average Bonchev–Trinajstić information content (AvgIpc) is 2.78. The summed E-state index contributed by atoms with van der Waals surface area (Å²) in [5, 5.41) is 13.3. The van der Waals surface area contributed by atoms with Crippen LogP contribution in [0.4, 0.5) is 0 Å². The van der Waals surface area contributed by atoms with Crippen molar-refractivity contribution in [3.63, 3.8) is 0 Å². The van der Waals surface area contributed by atoms with E-state index in [0.717, 1.165) is 12.0 Å². The first-order valence-corrected chi connectivity index (χ1v) is 5.98. The van der Waals surface area contributed by atoms with Crippen LogP contribution in [-0.2, 0) is 10.2 Å². The molecule has 1 heterocycles. The normalized spacial score (nSPS) is 17.1. The SMILES string of the molecule is O=C(O)C1(c2cc(-c3ccccc3)on2)CCC1. The van der Waals surface area contributed by atoms with Gasteiger partial charge in [0.15, 0.2) is 5.76 Å². The first kappa shape index (κ1) is 11.0. The van der Waals surface area contributed by atoms with E-state index in [-0.39, 0.29) is 0 Å². The second-order valence-electron chi connectivity index (χ2n) is 4.68. The van der Waals surface area contributed by atoms with E-state index in [1.807, 2.05) is 30.3 Å². The standard InChI is InChI=1S/C14H13NO3/c16-13(17)14(7-4-8-14)12-9-11(18-15-12)10-5-2-1-3-6-10/h1-3,5-6,9H,4,7-8H2,(H,16,17). The maximum atomic E-state index is 11.4. The van der Waals surface area contributed by atoms with Crippen molar-refractivity contribution in [3.05, 3.63) is 42.1 Å². The van der Waals surface area contributed by atoms with Crippen LogP contribution in [0.25, 0.3) is 11.3 Å². The third-order valence-electron chi connectivity index (χ3n) is 3.68. The number of hydrogen-bond acceptors (Lipinski definition) is 3. The highest BCUT2D eigenvalue weighted by molar-refractivity contribution is 5.82. The van der Waals surface area contributed by atoms with Crippen molar-refractivity contribution in [2.45, 2.75) is 24.7 Å². The minimum Gasteiger partial charge on any atom is -0.481 e. The second-order valence-corrected chi connectivity index (χ2v) is 4.68. The lowest BCUT2D eigenvalue weighted by Crippen LogP contribution is -2.42. The molecule has 3 rings (SSSR count). The van der Waals surface area contributed by atoms with Crippen molar-refractivity contribution in [1.82, 2.24) is 5.16 Å². The van der Waals surface area contributed by atoms with Crippen molar-refractivity contribution in [1.29, 1.82) is 0 Å². The first-order valence-electron chi connectivity index (χ1n) is 5.98. The zero-order valence-corrected chi connectivity index (χ0v) is 9.80. The molecule has 0 saturated heterocycles. The molecule has 0 amide bonds. The van der Waals surface area contributed by atoms with E-state index in [2.05, 4.69) is 5.16 Å². The highest BCUT2D eigenvalue weighted by Gasteiger charge is 2.48. The minimum atomic E-state index is -0.823. The number of rotatable bonds is 3. The van der Waals surface area contributed by atoms with Crippen LogP contribution < -0.4 is 0 Å². The third-order valence-corrected chi connectivity index (χ3v) is 3.68. The van der Waals surface area contributed by atoms with Gasteiger partial charge in [0.25, 0.3) is 0 Å². The molecule has 0 unspecified atom stereocenters. The Morgan fingerprint density at radius 1 is 1.28 bits per heavy atom. The lowest BCUT2D eigenvalue weighted by atomic mass is 9.66. The van der Waals surface area contributed by atoms with Gasteiger partial charge in [-0.05, 0) is 12.8 Å². The number of nitrogens with zero attached hydrogens (tertiary/aromatic N) is 1. The Morgan fingerprint density at radius 3 is 2.56 bits per heavy atom. The Kier molecular flexibility index (Phi) is 2.44. The Bertz CT molecular complexity index is 570. The van der Waals surface area contributed by atoms with Gasteiger partial charge in [0.05, 0.1) is 0 Å². The van der Waals surface area contributed by atoms with Crippen LogP contribution in [0.1, 0.15) is 25.0 Å². The molecule has 0 atom stereocenters. The van der Waals surface area contributed by atoms with Crippen LogP contribution in [0.3, 0.4) is 0 Å². The summed E-state index contributed by atoms with van der Waals surface area (Å²) in [5.41, 5.74) is 0.632. The van der Waals surface area contributed by atoms with Gasteiger partial charge in [-0.25, -0.2) is 0 Å². The van der Waals surface area contributed by atoms with Crippen molar-refractivity contribution in [3.8, 4) is 11.3 Å². The van der Waals surface area contributed by atoms with E-state index < -0.39 is 11.4 Å². The molecule has 1 aromatic carbocycles. The Hall–Kier alpha value is -2.10. The predicted molar refractivity (Wildman–Crippen MR) is 65.1 cm³/mol. The Balaban J connectivity index is 1.97. The van der Waals surface area contributed by atoms with E-state index in [4.69, 9.17) is 4.52 Å². The molecule has 1 N–H and O–H groups in total. The molecule has 18 heavy (non-hydrogen) atoms. The molecule has 1 aliphatic carbocycles. The molecule has 0 bridgehead atoms. The molecule has 0 spiro atoms. The van der Waals surface area contributed by atoms with E-state index in [1.54, 1.807) is 6.07 Å². The van der Waals surface area contributed by atoms with E-state index >= 15 is 0 Å². The van der Waals surface area contributed by atoms with Crippen LogP contribution in [0, 0.1) is 0 Å². The summed E-state index contributed by atoms with van der Waals surface area (Å²) in [6, 6.07) is 11.3. The lowest BCUT2D eigenvalue weighted by molar-refractivity contribution is -0.147. The minimum absolute atomic E-state index is 0.542. The summed E-state index contributed by atoms with van der Waals surface area (Å²) < 4.78 is 5.27. The van der Waals surface area contributed by atoms with Gasteiger partial charge in [-0.3, -0.25) is 4.79 Å². The van der Waals surface area contributed by atoms with Crippen molar-refractivity contribution >= 4 is 5.97 Å². The summed E-state index contributed by atoms with van der Waals surface area (Å²) in [7, 11) is 0. The predicted octanol–water partition coefficient (Wildman–Crippen LogP) is 2.85. The van der Waals surface area contributed by atoms with Crippen molar-refractivity contribution in [2.24, 2.45) is 0 Å². The summed E-state index contributed by atoms with van der Waals surface area (Å²) >= 11 is 0. The number of carbonyl (C=O) groups is 1. The second kappa shape index (κ2) is 3.98. The van der Waals surface area contributed by atoms with Crippen LogP contribution in [0.15, 0.2) is 40.9 Å². The maximum Gasteiger partial charge on any atom is 0.315 e. The van der Waals surface area contributed by atoms with Gasteiger partial charge in [-0.1, -0.05) is 41.9 Å². The molecule has 92 valence electrons. The summed E-state index contributed by atoms with van der Waals surface area (Å²) in [6.45, 7) is 0. The van der Waals surface area contributed by atoms with Gasteiger partial charge in [0.2, 0.25) is 0 Å². The zero-order chi connectivity index (χ0) is 12.6. The van der Waals surface area contributed by atoms with Crippen molar-refractivity contribution < 1.29 is 14.4 Å². The Labute approximate surface area is 104 Å². The van der Waals surface area contributed by atoms with Gasteiger partial charge >= 0.3 is 5.97 Å². The molecule has 0 radical (unpaired) electrons. The summed E-state index contributed by atoms with van der Waals surface area (Å²) in [4.78, 5) is 11.4. The van der Waals surface area contributed by atoms with Gasteiger partial charge in [-0.15, -0.1) is 0 Å². The highest BCUT2D eigenvalue weighted by atomic mass is 16.5. The monoisotopic (exact) mass is 243 g/mol. The van der Waals surface area contributed by atoms with E-state index in [0.29, 0.717) is 24.3 Å². The molecule has 0 aliphatic heterocycles. The fourth-order valence-corrected chi connectivity index (χ4v) is 2.35. The van der Waals surface area contributed by atoms with Crippen LogP contribution in [-0.4, -0.2) is 16.2 Å². The quantitative estimate of drug-likeness (QED) is 0.900. The fourth-order valence-electron chi connectivity index (χ4n) is 2.35. The topological polar surface area (TPSA) is 63.3 Å². The van der Waals surface area contributed by atoms with Gasteiger partial charge < -0.3 is 9.63 Å². The molecule has 4 heteroatoms. The molecular formula is C14H13NO3. The lowest BCUT2D eigenvalue weighted by Gasteiger charge is -2.35. The van der Waals surface area contributed by atoms with E-state index in [1.165, 1.54) is 0 Å². The largest absolute Gasteiger partial charge is 0.481 e. The number of carboxylic acid groups (broad SMARTS) is 1. The number of hydrogen-bond donors (Lipinski definition) is 1. The molecule has 1 aliphatic rings. The van der Waals surface area contributed by atoms with Gasteiger partial charge in [0, 0.05) is 11.6 Å². The number of carboxylic acids is 1. The molecule has 4 nitrogen and oxygen atoms in total. The summed E-state index contributed by atoms with van der Waals surface area (Å²) in [6.07, 6.45) is 2.21. The first-order chi connectivity index (χ1) is 8.72. The highest BCUT2D eigenvalue weighted by Crippen LogP contribution is 2.44. The molecule has 1 fully saturated rings. The number of benzene rings is 1. The maximum absolute atomic E-state index is 11.4. The number of aromatic nitrogens is 1. The number of aliphatic carboxylic acids is 1. The Morgan fingerprint density at radius 2 is 2.00 bits per heavy atom. The smallest absolute Gasteiger partial charge is 0.315 e. The zero-order valence-electron chi connectivity index (χ0n) is 9.80. The third kappa shape index (κ3) is 1.53. The molecule has 1 aromatic heterocycles. The average molecular weight is 243 g/mol. The van der Waals surface area contributed by atoms with Gasteiger partial charge in [0.1, 0.15) is 11.1 Å². The van der Waals surface area contributed by atoms with Crippen LogP contribution in [0.5, 0.6) is 0 Å². The van der Waals surface area contributed by atoms with E-state index in [9.17, 15) is 9.90 Å². The molecule has 2 aromatic rings. The summed E-state index contributed by atoms with van der Waals surface area (Å²) in [5.74, 6) is -0.181.